The normalized spacial score (nSPS) is 16.3. The van der Waals surface area contributed by atoms with Crippen molar-refractivity contribution in [1.29, 1.82) is 0 Å². The molecule has 1 fully saturated rings. The Hall–Kier alpha value is -3.48. The van der Waals surface area contributed by atoms with Crippen LogP contribution >= 0.6 is 11.3 Å². The first-order valence-corrected chi connectivity index (χ1v) is 11.5. The van der Waals surface area contributed by atoms with Crippen molar-refractivity contribution in [2.45, 2.75) is 38.2 Å². The molecule has 0 spiro atoms. The molecule has 1 aliphatic heterocycles. The van der Waals surface area contributed by atoms with E-state index in [9.17, 15) is 35.9 Å². The van der Waals surface area contributed by atoms with Crippen LogP contribution in [-0.4, -0.2) is 39.5 Å². The van der Waals surface area contributed by atoms with E-state index in [0.717, 1.165) is 27.4 Å². The molecule has 1 atom stereocenters. The maximum absolute atomic E-state index is 13.2. The minimum Gasteiger partial charge on any atom is -0.327 e. The molecule has 190 valence electrons. The Kier molecular flexibility index (Phi) is 6.78. The lowest BCUT2D eigenvalue weighted by atomic mass is 10.0. The topological polar surface area (TPSA) is 75.2 Å². The highest BCUT2D eigenvalue weighted by atomic mass is 32.1. The molecule has 1 saturated heterocycles. The molecule has 3 aromatic rings. The maximum atomic E-state index is 13.2. The Bertz CT molecular complexity index is 1250. The monoisotopic (exact) mass is 528 g/mol. The standard InChI is InChI=1S/C23H18F6N4O2S/c1-12-4-6-13(7-5-12)19-31-32-21(36-19)30-18(34)17-3-2-8-33(17)20(35)14-9-15(22(24,25)26)11-16(10-14)23(27,28)29/h4-7,9-11,17H,2-3,8H2,1H3,(H,30,32,34). The number of alkyl halides is 6. The molecule has 6 nitrogen and oxygen atoms in total. The Balaban J connectivity index is 1.54. The number of nitrogens with one attached hydrogen (secondary N) is 1. The van der Waals surface area contributed by atoms with Gasteiger partial charge in [0.15, 0.2) is 0 Å². The van der Waals surface area contributed by atoms with Crippen LogP contribution in [-0.2, 0) is 17.1 Å². The lowest BCUT2D eigenvalue weighted by Gasteiger charge is -2.24. The highest BCUT2D eigenvalue weighted by Gasteiger charge is 2.40. The second kappa shape index (κ2) is 9.52. The third-order valence-electron chi connectivity index (χ3n) is 5.60. The zero-order valence-electron chi connectivity index (χ0n) is 18.6. The van der Waals surface area contributed by atoms with Crippen molar-refractivity contribution in [3.8, 4) is 10.6 Å². The maximum Gasteiger partial charge on any atom is 0.416 e. The molecule has 36 heavy (non-hydrogen) atoms. The Morgan fingerprint density at radius 3 is 2.17 bits per heavy atom. The summed E-state index contributed by atoms with van der Waals surface area (Å²) in [6, 6.07) is 7.03. The average molecular weight is 528 g/mol. The number of anilines is 1. The number of hydrogen-bond donors (Lipinski definition) is 1. The van der Waals surface area contributed by atoms with Gasteiger partial charge in [-0.3, -0.25) is 14.9 Å². The first-order valence-electron chi connectivity index (χ1n) is 10.6. The zero-order valence-corrected chi connectivity index (χ0v) is 19.4. The molecule has 2 heterocycles. The van der Waals surface area contributed by atoms with Gasteiger partial charge in [0.2, 0.25) is 11.0 Å². The fourth-order valence-corrected chi connectivity index (χ4v) is 4.55. The minimum absolute atomic E-state index is 0.000742. The molecular formula is C23H18F6N4O2S. The molecule has 4 rings (SSSR count). The van der Waals surface area contributed by atoms with E-state index in [1.54, 1.807) is 0 Å². The van der Waals surface area contributed by atoms with Gasteiger partial charge in [0.1, 0.15) is 11.0 Å². The smallest absolute Gasteiger partial charge is 0.327 e. The lowest BCUT2D eigenvalue weighted by molar-refractivity contribution is -0.143. The Morgan fingerprint density at radius 1 is 0.972 bits per heavy atom. The molecule has 0 bridgehead atoms. The van der Waals surface area contributed by atoms with Gasteiger partial charge in [0, 0.05) is 17.7 Å². The second-order valence-corrected chi connectivity index (χ2v) is 9.20. The van der Waals surface area contributed by atoms with Crippen LogP contribution in [0.15, 0.2) is 42.5 Å². The molecule has 1 aliphatic rings. The van der Waals surface area contributed by atoms with Crippen LogP contribution in [0.5, 0.6) is 0 Å². The summed E-state index contributed by atoms with van der Waals surface area (Å²) in [7, 11) is 0. The molecular weight excluding hydrogens is 510 g/mol. The van der Waals surface area contributed by atoms with Crippen molar-refractivity contribution < 1.29 is 35.9 Å². The third kappa shape index (κ3) is 5.50. The average Bonchev–Trinajstić information content (AvgIpc) is 3.47. The van der Waals surface area contributed by atoms with Gasteiger partial charge in [-0.25, -0.2) is 0 Å². The SMILES string of the molecule is Cc1ccc(-c2nnc(NC(=O)C3CCCN3C(=O)c3cc(C(F)(F)F)cc(C(F)(F)F)c3)s2)cc1. The molecule has 2 amide bonds. The van der Waals surface area contributed by atoms with Crippen LogP contribution in [0.1, 0.15) is 39.9 Å². The van der Waals surface area contributed by atoms with Gasteiger partial charge in [-0.1, -0.05) is 41.2 Å². The Morgan fingerprint density at radius 2 is 1.58 bits per heavy atom. The summed E-state index contributed by atoms with van der Waals surface area (Å²) < 4.78 is 79.2. The third-order valence-corrected chi connectivity index (χ3v) is 6.49. The molecule has 0 aliphatic carbocycles. The highest BCUT2D eigenvalue weighted by Crippen LogP contribution is 2.37. The quantitative estimate of drug-likeness (QED) is 0.435. The summed E-state index contributed by atoms with van der Waals surface area (Å²) in [5, 5.41) is 11.2. The first-order chi connectivity index (χ1) is 16.8. The van der Waals surface area contributed by atoms with Gasteiger partial charge in [-0.2, -0.15) is 26.3 Å². The van der Waals surface area contributed by atoms with Crippen molar-refractivity contribution >= 4 is 28.3 Å². The number of carbonyl (C=O) groups is 2. The van der Waals surface area contributed by atoms with Crippen molar-refractivity contribution in [3.63, 3.8) is 0 Å². The number of amides is 2. The summed E-state index contributed by atoms with van der Waals surface area (Å²) >= 11 is 1.09. The molecule has 0 saturated carbocycles. The number of halogens is 6. The molecule has 0 radical (unpaired) electrons. The van der Waals surface area contributed by atoms with Crippen LogP contribution in [0.3, 0.4) is 0 Å². The summed E-state index contributed by atoms with van der Waals surface area (Å²) in [5.41, 5.74) is -2.17. The van der Waals surface area contributed by atoms with E-state index in [4.69, 9.17) is 0 Å². The summed E-state index contributed by atoms with van der Waals surface area (Å²) in [6.07, 6.45) is -9.65. The van der Waals surface area contributed by atoms with Crippen molar-refractivity contribution in [3.05, 3.63) is 64.7 Å². The van der Waals surface area contributed by atoms with Crippen LogP contribution < -0.4 is 5.32 Å². The van der Waals surface area contributed by atoms with E-state index >= 15 is 0 Å². The lowest BCUT2D eigenvalue weighted by Crippen LogP contribution is -2.43. The van der Waals surface area contributed by atoms with Crippen molar-refractivity contribution in [2.24, 2.45) is 0 Å². The van der Waals surface area contributed by atoms with E-state index in [0.29, 0.717) is 23.6 Å². The van der Waals surface area contributed by atoms with Gasteiger partial charge in [-0.15, -0.1) is 10.2 Å². The number of likely N-dealkylation sites (tertiary alicyclic amines) is 1. The van der Waals surface area contributed by atoms with Crippen molar-refractivity contribution in [2.75, 3.05) is 11.9 Å². The molecule has 13 heteroatoms. The van der Waals surface area contributed by atoms with Crippen LogP contribution in [0, 0.1) is 6.92 Å². The number of hydrogen-bond acceptors (Lipinski definition) is 5. The number of carbonyl (C=O) groups excluding carboxylic acids is 2. The predicted molar refractivity (Wildman–Crippen MR) is 119 cm³/mol. The van der Waals surface area contributed by atoms with Gasteiger partial charge in [0.25, 0.3) is 5.91 Å². The number of benzene rings is 2. The van der Waals surface area contributed by atoms with Gasteiger partial charge in [-0.05, 0) is 38.0 Å². The Labute approximate surface area is 204 Å². The van der Waals surface area contributed by atoms with E-state index in [1.807, 2.05) is 31.2 Å². The summed E-state index contributed by atoms with van der Waals surface area (Å²) in [4.78, 5) is 26.8. The van der Waals surface area contributed by atoms with Gasteiger partial charge in [0.05, 0.1) is 11.1 Å². The van der Waals surface area contributed by atoms with Crippen LogP contribution in [0.2, 0.25) is 0 Å². The molecule has 1 N–H and O–H groups in total. The summed E-state index contributed by atoms with van der Waals surface area (Å²) in [5.74, 6) is -1.75. The van der Waals surface area contributed by atoms with Crippen LogP contribution in [0.4, 0.5) is 31.5 Å². The fourth-order valence-electron chi connectivity index (χ4n) is 3.80. The number of aryl methyl sites for hydroxylation is 1. The number of rotatable bonds is 4. The van der Waals surface area contributed by atoms with E-state index in [1.165, 1.54) is 0 Å². The molecule has 2 aromatic carbocycles. The van der Waals surface area contributed by atoms with Gasteiger partial charge < -0.3 is 4.90 Å². The predicted octanol–water partition coefficient (Wildman–Crippen LogP) is 5.79. The number of nitrogens with zero attached hydrogens (tertiary/aromatic N) is 3. The minimum atomic E-state index is -5.09. The van der Waals surface area contributed by atoms with Gasteiger partial charge >= 0.3 is 12.4 Å². The second-order valence-electron chi connectivity index (χ2n) is 8.22. The molecule has 1 aromatic heterocycles. The van der Waals surface area contributed by atoms with E-state index < -0.39 is 46.9 Å². The summed E-state index contributed by atoms with van der Waals surface area (Å²) in [6.45, 7) is 1.92. The van der Waals surface area contributed by atoms with Crippen molar-refractivity contribution in [1.82, 2.24) is 15.1 Å². The van der Waals surface area contributed by atoms with E-state index in [-0.39, 0.29) is 24.2 Å². The van der Waals surface area contributed by atoms with E-state index in [2.05, 4.69) is 15.5 Å². The highest BCUT2D eigenvalue weighted by molar-refractivity contribution is 7.18. The van der Waals surface area contributed by atoms with Crippen LogP contribution in [0.25, 0.3) is 10.6 Å². The number of aromatic nitrogens is 2. The largest absolute Gasteiger partial charge is 0.416 e. The fraction of sp³-hybridized carbons (Fsp3) is 0.304. The molecule has 1 unspecified atom stereocenters. The first kappa shape index (κ1) is 25.6. The zero-order chi connectivity index (χ0) is 26.3.